The third-order valence-electron chi connectivity index (χ3n) is 9.31. The Morgan fingerprint density at radius 2 is 1.22 bits per heavy atom. The highest BCUT2D eigenvalue weighted by atomic mass is 15.2. The molecule has 4 aromatic carbocycles. The first-order chi connectivity index (χ1) is 17.1. The number of rotatable bonds is 1. The molecule has 4 aromatic rings. The molecule has 2 aliphatic heterocycles. The maximum Gasteiger partial charge on any atom is 0.247 e. The molecule has 0 radical (unpaired) electrons. The van der Waals surface area contributed by atoms with Gasteiger partial charge in [-0.1, -0.05) is 108 Å². The average Bonchev–Trinajstić information content (AvgIpc) is 3.03. The van der Waals surface area contributed by atoms with Gasteiger partial charge in [0.25, 0.3) is 0 Å². The van der Waals surface area contributed by atoms with Crippen LogP contribution in [0, 0.1) is 0 Å². The topological polar surface area (TPSA) is 3.24 Å². The lowest BCUT2D eigenvalue weighted by molar-refractivity contribution is 0.403. The number of nitrogens with zero attached hydrogens (tertiary/aromatic N) is 1. The summed E-state index contributed by atoms with van der Waals surface area (Å²) in [7, 11) is 0. The van der Waals surface area contributed by atoms with E-state index in [0.717, 1.165) is 0 Å². The van der Waals surface area contributed by atoms with Gasteiger partial charge in [-0.2, -0.15) is 0 Å². The summed E-state index contributed by atoms with van der Waals surface area (Å²) in [6, 6.07) is 32.3. The molecule has 1 aliphatic carbocycles. The maximum atomic E-state index is 2.59. The molecule has 0 spiro atoms. The third-order valence-corrected chi connectivity index (χ3v) is 9.31. The molecule has 3 aliphatic rings. The minimum absolute atomic E-state index is 0.0453. The fraction of sp³-hybridized carbons (Fsp3) is 0.294. The van der Waals surface area contributed by atoms with Crippen molar-refractivity contribution in [3.05, 3.63) is 107 Å². The molecule has 0 unspecified atom stereocenters. The zero-order valence-electron chi connectivity index (χ0n) is 22.3. The van der Waals surface area contributed by atoms with Gasteiger partial charge in [-0.25, -0.2) is 0 Å². The molecule has 0 fully saturated rings. The highest BCUT2D eigenvalue weighted by Crippen LogP contribution is 2.51. The predicted octanol–water partition coefficient (Wildman–Crippen LogP) is 6.58. The van der Waals surface area contributed by atoms with Gasteiger partial charge in [0.2, 0.25) is 6.71 Å². The highest BCUT2D eigenvalue weighted by Gasteiger charge is 2.48. The number of benzene rings is 4. The van der Waals surface area contributed by atoms with Crippen molar-refractivity contribution < 1.29 is 0 Å². The van der Waals surface area contributed by atoms with Gasteiger partial charge in [0.1, 0.15) is 0 Å². The lowest BCUT2D eigenvalue weighted by Gasteiger charge is -2.45. The second-order valence-corrected chi connectivity index (χ2v) is 13.0. The fourth-order valence-corrected chi connectivity index (χ4v) is 7.97. The van der Waals surface area contributed by atoms with Crippen LogP contribution in [0.15, 0.2) is 84.9 Å². The molecule has 0 amide bonds. The molecule has 0 atom stereocenters. The van der Waals surface area contributed by atoms with Crippen molar-refractivity contribution >= 4 is 40.2 Å². The van der Waals surface area contributed by atoms with Gasteiger partial charge in [-0.3, -0.25) is 0 Å². The molecule has 36 heavy (non-hydrogen) atoms. The molecule has 0 aromatic heterocycles. The second-order valence-electron chi connectivity index (χ2n) is 13.0. The Morgan fingerprint density at radius 3 is 1.97 bits per heavy atom. The molecule has 178 valence electrons. The van der Waals surface area contributed by atoms with E-state index in [0.29, 0.717) is 0 Å². The lowest BCUT2D eigenvalue weighted by Crippen LogP contribution is -2.64. The van der Waals surface area contributed by atoms with Gasteiger partial charge in [-0.15, -0.1) is 0 Å². The Balaban J connectivity index is 1.63. The number of para-hydroxylation sites is 1. The van der Waals surface area contributed by atoms with E-state index in [1.54, 1.807) is 0 Å². The Kier molecular flexibility index (Phi) is 4.24. The van der Waals surface area contributed by atoms with E-state index in [1.807, 2.05) is 0 Å². The minimum Gasteiger partial charge on any atom is -0.312 e. The maximum absolute atomic E-state index is 2.59. The van der Waals surface area contributed by atoms with E-state index in [1.165, 1.54) is 62.1 Å². The molecule has 2 heteroatoms. The summed E-state index contributed by atoms with van der Waals surface area (Å²) in [6.45, 7) is 14.8. The summed E-state index contributed by atoms with van der Waals surface area (Å²) in [5.74, 6) is 0. The first-order valence-corrected chi connectivity index (χ1v) is 13.4. The van der Waals surface area contributed by atoms with Crippen LogP contribution < -0.4 is 21.3 Å². The Labute approximate surface area is 216 Å². The van der Waals surface area contributed by atoms with Gasteiger partial charge in [-0.05, 0) is 74.7 Å². The highest BCUT2D eigenvalue weighted by molar-refractivity contribution is 6.99. The molecule has 0 saturated carbocycles. The predicted molar refractivity (Wildman–Crippen MR) is 155 cm³/mol. The van der Waals surface area contributed by atoms with Crippen LogP contribution >= 0.6 is 0 Å². The van der Waals surface area contributed by atoms with E-state index >= 15 is 0 Å². The molecule has 0 saturated heterocycles. The van der Waals surface area contributed by atoms with Gasteiger partial charge in [0.05, 0.1) is 0 Å². The van der Waals surface area contributed by atoms with Crippen molar-refractivity contribution in [1.82, 2.24) is 0 Å². The second kappa shape index (κ2) is 6.94. The number of hydrogen-bond donors (Lipinski definition) is 0. The van der Waals surface area contributed by atoms with Crippen molar-refractivity contribution in [2.24, 2.45) is 0 Å². The summed E-state index contributed by atoms with van der Waals surface area (Å²) in [6.07, 6.45) is 1.18. The van der Waals surface area contributed by atoms with Gasteiger partial charge < -0.3 is 4.90 Å². The zero-order valence-corrected chi connectivity index (χ0v) is 22.3. The van der Waals surface area contributed by atoms with Crippen molar-refractivity contribution in [2.45, 2.75) is 64.2 Å². The largest absolute Gasteiger partial charge is 0.312 e. The third kappa shape index (κ3) is 2.73. The molecule has 0 bridgehead atoms. The average molecular weight is 467 g/mol. The van der Waals surface area contributed by atoms with Crippen LogP contribution in [0.1, 0.15) is 70.2 Å². The lowest BCUT2D eigenvalue weighted by atomic mass is 9.30. The molecule has 2 heterocycles. The minimum atomic E-state index is -0.0453. The normalized spacial score (nSPS) is 19.3. The van der Waals surface area contributed by atoms with Crippen LogP contribution in [0.25, 0.3) is 0 Å². The van der Waals surface area contributed by atoms with E-state index in [-0.39, 0.29) is 23.0 Å². The molecule has 7 rings (SSSR count). The van der Waals surface area contributed by atoms with Crippen LogP contribution in [0.5, 0.6) is 0 Å². The van der Waals surface area contributed by atoms with Crippen molar-refractivity contribution in [3.8, 4) is 0 Å². The summed E-state index contributed by atoms with van der Waals surface area (Å²) in [5.41, 5.74) is 14.5. The van der Waals surface area contributed by atoms with Gasteiger partial charge in [0, 0.05) is 22.5 Å². The smallest absolute Gasteiger partial charge is 0.247 e. The SMILES string of the molecule is CC1(C)CC(C)(C)c2cc3c(cc21)B1c2ccccc2C(C)(C)c2cccc(c21)N3c1ccccc1. The van der Waals surface area contributed by atoms with Crippen LogP contribution in [0.2, 0.25) is 0 Å². The van der Waals surface area contributed by atoms with Crippen LogP contribution in [-0.4, -0.2) is 6.71 Å². The first kappa shape index (κ1) is 22.0. The number of anilines is 3. The van der Waals surface area contributed by atoms with Crippen LogP contribution in [0.3, 0.4) is 0 Å². The standard InChI is InChI=1S/C34H34BN/c1-32(2)21-33(3,4)26-20-30-28(19-25(26)32)35-27-17-11-10-15-23(27)34(5,6)24-16-12-18-29(31(24)35)36(30)22-13-8-7-9-14-22/h7-20H,21H2,1-6H3. The van der Waals surface area contributed by atoms with Crippen LogP contribution in [-0.2, 0) is 16.2 Å². The van der Waals surface area contributed by atoms with Gasteiger partial charge >= 0.3 is 0 Å². The van der Waals surface area contributed by atoms with Crippen molar-refractivity contribution in [1.29, 1.82) is 0 Å². The quantitative estimate of drug-likeness (QED) is 0.252. The first-order valence-electron chi connectivity index (χ1n) is 13.4. The number of hydrogen-bond acceptors (Lipinski definition) is 1. The van der Waals surface area contributed by atoms with Gasteiger partial charge in [0.15, 0.2) is 0 Å². The van der Waals surface area contributed by atoms with Crippen molar-refractivity contribution in [2.75, 3.05) is 4.90 Å². The summed E-state index contributed by atoms with van der Waals surface area (Å²) in [4.78, 5) is 2.54. The molecular weight excluding hydrogens is 433 g/mol. The zero-order chi connectivity index (χ0) is 25.0. The summed E-state index contributed by atoms with van der Waals surface area (Å²) < 4.78 is 0. The number of fused-ring (bicyclic) bond motifs is 5. The summed E-state index contributed by atoms with van der Waals surface area (Å²) >= 11 is 0. The fourth-order valence-electron chi connectivity index (χ4n) is 7.97. The summed E-state index contributed by atoms with van der Waals surface area (Å²) in [5, 5.41) is 0. The molecule has 0 N–H and O–H groups in total. The van der Waals surface area contributed by atoms with E-state index < -0.39 is 0 Å². The van der Waals surface area contributed by atoms with E-state index in [4.69, 9.17) is 0 Å². The Morgan fingerprint density at radius 1 is 0.583 bits per heavy atom. The Hall–Kier alpha value is -3.26. The van der Waals surface area contributed by atoms with Crippen molar-refractivity contribution in [3.63, 3.8) is 0 Å². The van der Waals surface area contributed by atoms with Crippen LogP contribution in [0.4, 0.5) is 17.1 Å². The monoisotopic (exact) mass is 467 g/mol. The Bertz CT molecular complexity index is 1540. The molecular formula is C34H34BN. The van der Waals surface area contributed by atoms with E-state index in [2.05, 4.69) is 131 Å². The van der Waals surface area contributed by atoms with E-state index in [9.17, 15) is 0 Å². The molecule has 1 nitrogen and oxygen atoms in total.